The minimum atomic E-state index is -0.424. The first-order chi connectivity index (χ1) is 9.04. The van der Waals surface area contributed by atoms with Crippen molar-refractivity contribution in [3.8, 4) is 5.88 Å². The molecule has 1 N–H and O–H groups in total. The summed E-state index contributed by atoms with van der Waals surface area (Å²) in [5.74, 6) is 0.424. The third-order valence-corrected chi connectivity index (χ3v) is 2.09. The lowest BCUT2D eigenvalue weighted by Crippen LogP contribution is -2.13. The summed E-state index contributed by atoms with van der Waals surface area (Å²) in [6, 6.07) is 4.78. The van der Waals surface area contributed by atoms with Gasteiger partial charge in [-0.25, -0.2) is 0 Å². The van der Waals surface area contributed by atoms with Crippen LogP contribution in [0.2, 0.25) is 0 Å². The Balaban J connectivity index is 2.01. The van der Waals surface area contributed by atoms with E-state index in [1.807, 2.05) is 13.8 Å². The largest absolute Gasteiger partial charge is 0.474 e. The van der Waals surface area contributed by atoms with E-state index in [4.69, 9.17) is 9.26 Å². The Kier molecular flexibility index (Phi) is 3.74. The molecular weight excluding hydrogens is 248 g/mol. The smallest absolute Gasteiger partial charge is 0.295 e. The van der Waals surface area contributed by atoms with E-state index < -0.39 is 5.91 Å². The molecule has 1 amide bonds. The van der Waals surface area contributed by atoms with Crippen LogP contribution >= 0.6 is 0 Å². The molecule has 0 aliphatic carbocycles. The summed E-state index contributed by atoms with van der Waals surface area (Å²) in [5, 5.41) is 13.9. The topological polar surface area (TPSA) is 90.1 Å². The van der Waals surface area contributed by atoms with Gasteiger partial charge in [-0.05, 0) is 26.8 Å². The van der Waals surface area contributed by atoms with Gasteiger partial charge in [0, 0.05) is 12.1 Å². The molecule has 2 aromatic heterocycles. The number of anilines is 1. The summed E-state index contributed by atoms with van der Waals surface area (Å²) >= 11 is 0. The second-order valence-electron chi connectivity index (χ2n) is 4.21. The molecule has 0 bridgehead atoms. The molecule has 0 spiro atoms. The van der Waals surface area contributed by atoms with Gasteiger partial charge in [-0.15, -0.1) is 10.2 Å². The van der Waals surface area contributed by atoms with E-state index in [-0.39, 0.29) is 11.9 Å². The molecule has 7 heteroatoms. The van der Waals surface area contributed by atoms with E-state index in [2.05, 4.69) is 20.7 Å². The quantitative estimate of drug-likeness (QED) is 0.903. The van der Waals surface area contributed by atoms with Gasteiger partial charge in [-0.2, -0.15) is 0 Å². The zero-order chi connectivity index (χ0) is 13.8. The van der Waals surface area contributed by atoms with E-state index in [1.165, 1.54) is 0 Å². The molecule has 100 valence electrons. The Hall–Kier alpha value is -2.44. The Morgan fingerprint density at radius 1 is 1.37 bits per heavy atom. The predicted molar refractivity (Wildman–Crippen MR) is 67.0 cm³/mol. The standard InChI is InChI=1S/C12H14N4O3/c1-7(2)18-11-5-4-10(14-15-11)13-12(17)9-6-8(3)16-19-9/h4-7H,1-3H3,(H,13,14,17). The van der Waals surface area contributed by atoms with Gasteiger partial charge >= 0.3 is 0 Å². The Morgan fingerprint density at radius 2 is 2.16 bits per heavy atom. The first-order valence-electron chi connectivity index (χ1n) is 5.79. The van der Waals surface area contributed by atoms with Crippen LogP contribution in [0, 0.1) is 6.92 Å². The second-order valence-corrected chi connectivity index (χ2v) is 4.21. The van der Waals surface area contributed by atoms with E-state index in [1.54, 1.807) is 25.1 Å². The molecule has 0 aliphatic heterocycles. The number of aromatic nitrogens is 3. The molecule has 7 nitrogen and oxygen atoms in total. The second kappa shape index (κ2) is 5.47. The molecule has 2 aromatic rings. The highest BCUT2D eigenvalue weighted by Gasteiger charge is 2.12. The molecule has 0 radical (unpaired) electrons. The van der Waals surface area contributed by atoms with Crippen molar-refractivity contribution in [2.75, 3.05) is 5.32 Å². The highest BCUT2D eigenvalue weighted by atomic mass is 16.5. The van der Waals surface area contributed by atoms with Gasteiger partial charge in [-0.3, -0.25) is 4.79 Å². The molecule has 0 aliphatic rings. The number of hydrogen-bond donors (Lipinski definition) is 1. The number of hydrogen-bond acceptors (Lipinski definition) is 6. The van der Waals surface area contributed by atoms with Crippen molar-refractivity contribution in [2.45, 2.75) is 26.9 Å². The van der Waals surface area contributed by atoms with Gasteiger partial charge in [-0.1, -0.05) is 5.16 Å². The zero-order valence-electron chi connectivity index (χ0n) is 10.9. The Bertz CT molecular complexity index is 563. The molecule has 0 saturated carbocycles. The van der Waals surface area contributed by atoms with Crippen molar-refractivity contribution in [1.82, 2.24) is 15.4 Å². The SMILES string of the molecule is Cc1cc(C(=O)Nc2ccc(OC(C)C)nn2)on1. The summed E-state index contributed by atoms with van der Waals surface area (Å²) in [5.41, 5.74) is 0.636. The third kappa shape index (κ3) is 3.51. The minimum absolute atomic E-state index is 0.0203. The average molecular weight is 262 g/mol. The summed E-state index contributed by atoms with van der Waals surface area (Å²) in [7, 11) is 0. The summed E-state index contributed by atoms with van der Waals surface area (Å²) in [6.07, 6.45) is 0.0203. The van der Waals surface area contributed by atoms with E-state index >= 15 is 0 Å². The number of rotatable bonds is 4. The fourth-order valence-corrected chi connectivity index (χ4v) is 1.34. The van der Waals surface area contributed by atoms with Crippen LogP contribution in [0.3, 0.4) is 0 Å². The first-order valence-corrected chi connectivity index (χ1v) is 5.79. The monoisotopic (exact) mass is 262 g/mol. The number of aryl methyl sites for hydroxylation is 1. The van der Waals surface area contributed by atoms with Crippen molar-refractivity contribution in [3.63, 3.8) is 0 Å². The lowest BCUT2D eigenvalue weighted by atomic mass is 10.3. The van der Waals surface area contributed by atoms with Crippen LogP contribution in [0.15, 0.2) is 22.7 Å². The maximum atomic E-state index is 11.7. The van der Waals surface area contributed by atoms with E-state index in [0.29, 0.717) is 17.4 Å². The van der Waals surface area contributed by atoms with Crippen LogP contribution in [0.25, 0.3) is 0 Å². The highest BCUT2D eigenvalue weighted by molar-refractivity contribution is 6.01. The molecule has 0 aromatic carbocycles. The Labute approximate surface area is 110 Å². The van der Waals surface area contributed by atoms with Gasteiger partial charge in [0.1, 0.15) is 0 Å². The van der Waals surface area contributed by atoms with E-state index in [0.717, 1.165) is 0 Å². The maximum absolute atomic E-state index is 11.7. The molecule has 0 unspecified atom stereocenters. The minimum Gasteiger partial charge on any atom is -0.474 e. The number of nitrogens with one attached hydrogen (secondary N) is 1. The van der Waals surface area contributed by atoms with Crippen LogP contribution in [-0.4, -0.2) is 27.4 Å². The van der Waals surface area contributed by atoms with Crippen LogP contribution in [0.1, 0.15) is 30.1 Å². The van der Waals surface area contributed by atoms with Crippen LogP contribution in [0.4, 0.5) is 5.82 Å². The fraction of sp³-hybridized carbons (Fsp3) is 0.333. The maximum Gasteiger partial charge on any atom is 0.295 e. The highest BCUT2D eigenvalue weighted by Crippen LogP contribution is 2.11. The first kappa shape index (κ1) is 13.0. The van der Waals surface area contributed by atoms with Crippen molar-refractivity contribution in [3.05, 3.63) is 29.7 Å². The van der Waals surface area contributed by atoms with Gasteiger partial charge < -0.3 is 14.6 Å². The van der Waals surface area contributed by atoms with Crippen molar-refractivity contribution in [2.24, 2.45) is 0 Å². The number of carbonyl (C=O) groups excluding carboxylic acids is 1. The van der Waals surface area contributed by atoms with E-state index in [9.17, 15) is 4.79 Å². The normalized spacial score (nSPS) is 10.5. The van der Waals surface area contributed by atoms with Crippen molar-refractivity contribution >= 4 is 11.7 Å². The molecule has 2 rings (SSSR count). The number of ether oxygens (including phenoxy) is 1. The molecule has 2 heterocycles. The van der Waals surface area contributed by atoms with Gasteiger partial charge in [0.2, 0.25) is 11.6 Å². The zero-order valence-corrected chi connectivity index (χ0v) is 10.9. The van der Waals surface area contributed by atoms with Crippen LogP contribution in [0.5, 0.6) is 5.88 Å². The van der Waals surface area contributed by atoms with Crippen molar-refractivity contribution in [1.29, 1.82) is 0 Å². The van der Waals surface area contributed by atoms with Gasteiger partial charge in [0.25, 0.3) is 5.91 Å². The summed E-state index contributed by atoms with van der Waals surface area (Å²) in [4.78, 5) is 11.7. The fourth-order valence-electron chi connectivity index (χ4n) is 1.34. The molecule has 0 fully saturated rings. The summed E-state index contributed by atoms with van der Waals surface area (Å²) < 4.78 is 10.2. The third-order valence-electron chi connectivity index (χ3n) is 2.09. The van der Waals surface area contributed by atoms with Crippen LogP contribution < -0.4 is 10.1 Å². The lowest BCUT2D eigenvalue weighted by molar-refractivity contribution is 0.0987. The lowest BCUT2D eigenvalue weighted by Gasteiger charge is -2.07. The number of carbonyl (C=O) groups is 1. The molecule has 0 atom stereocenters. The van der Waals surface area contributed by atoms with Gasteiger partial charge in [0.05, 0.1) is 11.8 Å². The molecule has 0 saturated heterocycles. The van der Waals surface area contributed by atoms with Crippen LogP contribution in [-0.2, 0) is 0 Å². The average Bonchev–Trinajstić information content (AvgIpc) is 2.78. The summed E-state index contributed by atoms with van der Waals surface area (Å²) in [6.45, 7) is 5.52. The number of nitrogens with zero attached hydrogens (tertiary/aromatic N) is 3. The Morgan fingerprint density at radius 3 is 2.68 bits per heavy atom. The predicted octanol–water partition coefficient (Wildman–Crippen LogP) is 1.81. The van der Waals surface area contributed by atoms with Crippen molar-refractivity contribution < 1.29 is 14.1 Å². The number of amides is 1. The molecule has 19 heavy (non-hydrogen) atoms. The molecular formula is C12H14N4O3. The van der Waals surface area contributed by atoms with Gasteiger partial charge in [0.15, 0.2) is 5.82 Å².